The van der Waals surface area contributed by atoms with Crippen LogP contribution in [0.2, 0.25) is 0 Å². The minimum atomic E-state index is 0.662. The maximum absolute atomic E-state index is 5.27. The van der Waals surface area contributed by atoms with Gasteiger partial charge >= 0.3 is 0 Å². The highest BCUT2D eigenvalue weighted by Crippen LogP contribution is 1.90. The van der Waals surface area contributed by atoms with Crippen LogP contribution in [0.15, 0.2) is 31.0 Å². The van der Waals surface area contributed by atoms with Crippen molar-refractivity contribution < 1.29 is 9.57 Å². The van der Waals surface area contributed by atoms with Gasteiger partial charge in [-0.3, -0.25) is 4.84 Å². The van der Waals surface area contributed by atoms with E-state index in [0.717, 1.165) is 5.69 Å². The zero-order valence-corrected chi connectivity index (χ0v) is 6.66. The van der Waals surface area contributed by atoms with E-state index >= 15 is 0 Å². The monoisotopic (exact) mass is 150 g/mol. The summed E-state index contributed by atoms with van der Waals surface area (Å²) in [6, 6.07) is 5.82. The van der Waals surface area contributed by atoms with Crippen LogP contribution in [0.3, 0.4) is 0 Å². The molecule has 0 atom stereocenters. The fraction of sp³-hybridized carbons (Fsp3) is 0.222. The Bertz CT molecular complexity index is 245. The van der Waals surface area contributed by atoms with E-state index in [1.165, 1.54) is 0 Å². The van der Waals surface area contributed by atoms with E-state index in [0.29, 0.717) is 6.61 Å². The Kier molecular flexibility index (Phi) is 2.66. The summed E-state index contributed by atoms with van der Waals surface area (Å²) < 4.78 is 1.70. The first-order valence-electron chi connectivity index (χ1n) is 3.65. The first-order valence-corrected chi connectivity index (χ1v) is 3.65. The number of aromatic nitrogens is 1. The van der Waals surface area contributed by atoms with Gasteiger partial charge in [0.05, 0.1) is 0 Å². The van der Waals surface area contributed by atoms with Crippen LogP contribution in [0.5, 0.6) is 0 Å². The molecule has 0 aliphatic carbocycles. The minimum absolute atomic E-state index is 0.662. The van der Waals surface area contributed by atoms with Crippen LogP contribution >= 0.6 is 0 Å². The third-order valence-electron chi connectivity index (χ3n) is 1.33. The lowest BCUT2D eigenvalue weighted by Gasteiger charge is -1.95. The van der Waals surface area contributed by atoms with E-state index in [2.05, 4.69) is 6.58 Å². The van der Waals surface area contributed by atoms with Gasteiger partial charge in [0.25, 0.3) is 5.69 Å². The molecule has 0 saturated heterocycles. The molecule has 0 bridgehead atoms. The van der Waals surface area contributed by atoms with Gasteiger partial charge in [-0.25, -0.2) is 0 Å². The minimum Gasteiger partial charge on any atom is -0.271 e. The van der Waals surface area contributed by atoms with E-state index in [-0.39, 0.29) is 0 Å². The number of hydrogen-bond donors (Lipinski definition) is 0. The smallest absolute Gasteiger partial charge is 0.256 e. The maximum Gasteiger partial charge on any atom is 0.256 e. The maximum atomic E-state index is 5.27. The lowest BCUT2D eigenvalue weighted by atomic mass is 10.3. The van der Waals surface area contributed by atoms with Crippen LogP contribution in [0.25, 0.3) is 6.08 Å². The van der Waals surface area contributed by atoms with Gasteiger partial charge in [0.15, 0.2) is 6.61 Å². The van der Waals surface area contributed by atoms with Crippen molar-refractivity contribution in [2.75, 3.05) is 6.61 Å². The highest BCUT2D eigenvalue weighted by atomic mass is 16.7. The highest BCUT2D eigenvalue weighted by molar-refractivity contribution is 5.36. The predicted octanol–water partition coefficient (Wildman–Crippen LogP) is 1.07. The van der Waals surface area contributed by atoms with Crippen molar-refractivity contribution in [1.29, 1.82) is 0 Å². The third-order valence-corrected chi connectivity index (χ3v) is 1.33. The topological polar surface area (TPSA) is 13.1 Å². The van der Waals surface area contributed by atoms with Crippen molar-refractivity contribution in [1.82, 2.24) is 0 Å². The van der Waals surface area contributed by atoms with Crippen molar-refractivity contribution in [3.8, 4) is 0 Å². The number of nitrogens with zero attached hydrogens (tertiary/aromatic N) is 1. The van der Waals surface area contributed by atoms with Crippen molar-refractivity contribution in [2.45, 2.75) is 6.92 Å². The van der Waals surface area contributed by atoms with E-state index in [9.17, 15) is 0 Å². The zero-order valence-electron chi connectivity index (χ0n) is 6.66. The van der Waals surface area contributed by atoms with Crippen LogP contribution < -0.4 is 9.57 Å². The Morgan fingerprint density at radius 3 is 3.09 bits per heavy atom. The lowest BCUT2D eigenvalue weighted by molar-refractivity contribution is -0.892. The molecule has 0 aliphatic rings. The summed E-state index contributed by atoms with van der Waals surface area (Å²) >= 11 is 0. The second-order valence-corrected chi connectivity index (χ2v) is 2.07. The summed E-state index contributed by atoms with van der Waals surface area (Å²) in [6.07, 6.45) is 3.62. The predicted molar refractivity (Wildman–Crippen MR) is 43.8 cm³/mol. The normalized spacial score (nSPS) is 9.18. The summed E-state index contributed by atoms with van der Waals surface area (Å²) in [4.78, 5) is 5.27. The number of rotatable bonds is 3. The SMILES string of the molecule is C=Cc1cccc[n+]1OCC. The van der Waals surface area contributed by atoms with Gasteiger partial charge in [-0.1, -0.05) is 6.58 Å². The molecule has 0 saturated carbocycles. The first-order chi connectivity index (χ1) is 5.38. The van der Waals surface area contributed by atoms with Gasteiger partial charge in [-0.2, -0.15) is 0 Å². The second-order valence-electron chi connectivity index (χ2n) is 2.07. The summed E-state index contributed by atoms with van der Waals surface area (Å²) in [5.74, 6) is 0. The van der Waals surface area contributed by atoms with E-state index < -0.39 is 0 Å². The molecular weight excluding hydrogens is 138 g/mol. The van der Waals surface area contributed by atoms with Crippen LogP contribution in [0, 0.1) is 0 Å². The molecule has 0 spiro atoms. The summed E-state index contributed by atoms with van der Waals surface area (Å²) in [7, 11) is 0. The van der Waals surface area contributed by atoms with E-state index in [1.807, 2.05) is 31.3 Å². The molecule has 0 N–H and O–H groups in total. The fourth-order valence-corrected chi connectivity index (χ4v) is 0.856. The molecule has 1 rings (SSSR count). The molecule has 1 aromatic heterocycles. The quantitative estimate of drug-likeness (QED) is 0.587. The molecule has 1 aromatic rings. The van der Waals surface area contributed by atoms with Gasteiger partial charge in [-0.05, 0) is 13.0 Å². The van der Waals surface area contributed by atoms with Gasteiger partial charge in [0.1, 0.15) is 0 Å². The first kappa shape index (κ1) is 7.79. The average Bonchev–Trinajstić information content (AvgIpc) is 2.06. The largest absolute Gasteiger partial charge is 0.271 e. The molecule has 0 fully saturated rings. The van der Waals surface area contributed by atoms with Crippen molar-refractivity contribution in [2.24, 2.45) is 0 Å². The van der Waals surface area contributed by atoms with Crippen molar-refractivity contribution in [3.05, 3.63) is 36.7 Å². The van der Waals surface area contributed by atoms with Crippen LogP contribution in [-0.2, 0) is 0 Å². The molecular formula is C9H12NO+. The van der Waals surface area contributed by atoms with Crippen molar-refractivity contribution in [3.63, 3.8) is 0 Å². The number of hydrogen-bond acceptors (Lipinski definition) is 1. The Hall–Kier alpha value is -1.31. The molecule has 2 nitrogen and oxygen atoms in total. The van der Waals surface area contributed by atoms with Crippen LogP contribution in [0.4, 0.5) is 0 Å². The summed E-state index contributed by atoms with van der Waals surface area (Å²) in [5.41, 5.74) is 0.967. The molecule has 1 heterocycles. The summed E-state index contributed by atoms with van der Waals surface area (Å²) in [5, 5.41) is 0. The van der Waals surface area contributed by atoms with E-state index in [4.69, 9.17) is 4.84 Å². The van der Waals surface area contributed by atoms with Gasteiger partial charge in [0, 0.05) is 22.9 Å². The molecule has 0 radical (unpaired) electrons. The average molecular weight is 150 g/mol. The lowest BCUT2D eigenvalue weighted by Crippen LogP contribution is -2.44. The standard InChI is InChI=1S/C9H12NO/c1-3-9-7-5-6-8-10(9)11-4-2/h3,5-8H,1,4H2,2H3/q+1. The Morgan fingerprint density at radius 2 is 2.45 bits per heavy atom. The zero-order chi connectivity index (χ0) is 8.10. The molecule has 2 heteroatoms. The highest BCUT2D eigenvalue weighted by Gasteiger charge is 2.04. The third kappa shape index (κ3) is 1.80. The fourth-order valence-electron chi connectivity index (χ4n) is 0.856. The molecule has 0 unspecified atom stereocenters. The van der Waals surface area contributed by atoms with Crippen LogP contribution in [-0.4, -0.2) is 6.61 Å². The molecule has 0 aromatic carbocycles. The molecule has 0 aliphatic heterocycles. The van der Waals surface area contributed by atoms with Crippen LogP contribution in [0.1, 0.15) is 12.6 Å². The van der Waals surface area contributed by atoms with Gasteiger partial charge in [0.2, 0.25) is 6.20 Å². The van der Waals surface area contributed by atoms with E-state index in [1.54, 1.807) is 10.8 Å². The Labute approximate surface area is 66.7 Å². The summed E-state index contributed by atoms with van der Waals surface area (Å²) in [6.45, 7) is 6.29. The Balaban J connectivity index is 2.92. The molecule has 11 heavy (non-hydrogen) atoms. The van der Waals surface area contributed by atoms with Gasteiger partial charge < -0.3 is 0 Å². The molecule has 0 amide bonds. The second kappa shape index (κ2) is 3.76. The number of pyridine rings is 1. The van der Waals surface area contributed by atoms with Crippen molar-refractivity contribution >= 4 is 6.08 Å². The Morgan fingerprint density at radius 1 is 1.64 bits per heavy atom. The molecule has 58 valence electrons. The van der Waals surface area contributed by atoms with Gasteiger partial charge in [-0.15, -0.1) is 0 Å².